The molecule has 0 aliphatic carbocycles. The van der Waals surface area contributed by atoms with E-state index in [1.54, 1.807) is 13.1 Å². The summed E-state index contributed by atoms with van der Waals surface area (Å²) in [5, 5.41) is 6.57. The molecule has 0 amide bonds. The van der Waals surface area contributed by atoms with Crippen LogP contribution >= 0.6 is 11.8 Å². The summed E-state index contributed by atoms with van der Waals surface area (Å²) in [4.78, 5) is 4.62. The molecule has 0 aliphatic rings. The van der Waals surface area contributed by atoms with Gasteiger partial charge in [-0.05, 0) is 36.6 Å². The van der Waals surface area contributed by atoms with Gasteiger partial charge in [-0.15, -0.1) is 0 Å². The van der Waals surface area contributed by atoms with Crippen LogP contribution in [0.4, 0.5) is 0 Å². The van der Waals surface area contributed by atoms with Gasteiger partial charge in [0.2, 0.25) is 0 Å². The highest BCUT2D eigenvalue weighted by Gasteiger charge is 2.10. The molecule has 0 bridgehead atoms. The monoisotopic (exact) mass is 419 g/mol. The van der Waals surface area contributed by atoms with Crippen molar-refractivity contribution in [1.29, 1.82) is 0 Å². The maximum absolute atomic E-state index is 11.7. The molecule has 7 heteroatoms. The van der Waals surface area contributed by atoms with Crippen LogP contribution in [0, 0.1) is 13.8 Å². The van der Waals surface area contributed by atoms with Gasteiger partial charge in [0.05, 0.1) is 4.90 Å². The van der Waals surface area contributed by atoms with Crippen LogP contribution in [-0.2, 0) is 22.1 Å². The maximum Gasteiger partial charge on any atom is 0.191 e. The number of benzene rings is 2. The molecule has 0 fully saturated rings. The van der Waals surface area contributed by atoms with E-state index in [0.29, 0.717) is 11.4 Å². The van der Waals surface area contributed by atoms with E-state index in [1.165, 1.54) is 17.4 Å². The molecule has 0 atom stereocenters. The van der Waals surface area contributed by atoms with Gasteiger partial charge < -0.3 is 10.6 Å². The van der Waals surface area contributed by atoms with E-state index in [2.05, 4.69) is 46.8 Å². The second-order valence-corrected chi connectivity index (χ2v) is 9.85. The van der Waals surface area contributed by atoms with Gasteiger partial charge in [0.25, 0.3) is 0 Å². The molecule has 0 aliphatic heterocycles. The summed E-state index contributed by atoms with van der Waals surface area (Å²) >= 11 is 1.88. The van der Waals surface area contributed by atoms with Crippen LogP contribution in [0.1, 0.15) is 22.3 Å². The number of hydrogen-bond acceptors (Lipinski definition) is 4. The normalized spacial score (nSPS) is 12.1. The SMILES string of the molecule is CN=C(NCCSCc1ccc(C)cc1)NCc1ccc(S(C)(=O)=O)c(C)c1. The van der Waals surface area contributed by atoms with Crippen molar-refractivity contribution in [2.24, 2.45) is 4.99 Å². The van der Waals surface area contributed by atoms with Crippen molar-refractivity contribution < 1.29 is 8.42 Å². The van der Waals surface area contributed by atoms with Gasteiger partial charge in [-0.2, -0.15) is 11.8 Å². The molecule has 28 heavy (non-hydrogen) atoms. The minimum atomic E-state index is -3.18. The maximum atomic E-state index is 11.7. The number of nitrogens with zero attached hydrogens (tertiary/aromatic N) is 1. The number of hydrogen-bond donors (Lipinski definition) is 2. The molecule has 0 saturated carbocycles. The lowest BCUT2D eigenvalue weighted by atomic mass is 10.1. The zero-order chi connectivity index (χ0) is 20.6. The minimum absolute atomic E-state index is 0.379. The van der Waals surface area contributed by atoms with Crippen molar-refractivity contribution >= 4 is 27.6 Å². The minimum Gasteiger partial charge on any atom is -0.356 e. The zero-order valence-corrected chi connectivity index (χ0v) is 18.6. The van der Waals surface area contributed by atoms with Gasteiger partial charge in [-0.3, -0.25) is 4.99 Å². The molecule has 0 unspecified atom stereocenters. The number of thioether (sulfide) groups is 1. The molecule has 0 saturated heterocycles. The molecule has 0 heterocycles. The summed E-state index contributed by atoms with van der Waals surface area (Å²) in [7, 11) is -1.44. The van der Waals surface area contributed by atoms with Crippen LogP contribution in [0.2, 0.25) is 0 Å². The Morgan fingerprint density at radius 1 is 1.04 bits per heavy atom. The molecule has 2 aromatic carbocycles. The lowest BCUT2D eigenvalue weighted by Crippen LogP contribution is -2.38. The molecule has 2 rings (SSSR count). The topological polar surface area (TPSA) is 70.6 Å². The van der Waals surface area contributed by atoms with Gasteiger partial charge in [-0.25, -0.2) is 8.42 Å². The first kappa shape index (κ1) is 22.3. The van der Waals surface area contributed by atoms with Crippen molar-refractivity contribution in [2.45, 2.75) is 31.0 Å². The van der Waals surface area contributed by atoms with Gasteiger partial charge in [0.1, 0.15) is 0 Å². The third-order valence-electron chi connectivity index (χ3n) is 4.25. The van der Waals surface area contributed by atoms with Gasteiger partial charge in [0, 0.05) is 37.9 Å². The van der Waals surface area contributed by atoms with E-state index in [-0.39, 0.29) is 0 Å². The third-order valence-corrected chi connectivity index (χ3v) is 6.54. The van der Waals surface area contributed by atoms with E-state index >= 15 is 0 Å². The Morgan fingerprint density at radius 2 is 1.71 bits per heavy atom. The Morgan fingerprint density at radius 3 is 2.32 bits per heavy atom. The largest absolute Gasteiger partial charge is 0.356 e. The van der Waals surface area contributed by atoms with Crippen molar-refractivity contribution in [3.05, 3.63) is 64.7 Å². The Balaban J connectivity index is 1.74. The van der Waals surface area contributed by atoms with Gasteiger partial charge >= 0.3 is 0 Å². The molecule has 0 aromatic heterocycles. The van der Waals surface area contributed by atoms with E-state index in [4.69, 9.17) is 0 Å². The van der Waals surface area contributed by atoms with Crippen LogP contribution in [-0.4, -0.2) is 40.0 Å². The van der Waals surface area contributed by atoms with Crippen LogP contribution in [0.25, 0.3) is 0 Å². The highest BCUT2D eigenvalue weighted by Crippen LogP contribution is 2.16. The van der Waals surface area contributed by atoms with Gasteiger partial charge in [-0.1, -0.05) is 42.0 Å². The van der Waals surface area contributed by atoms with Gasteiger partial charge in [0.15, 0.2) is 15.8 Å². The zero-order valence-electron chi connectivity index (χ0n) is 17.0. The van der Waals surface area contributed by atoms with E-state index in [0.717, 1.165) is 35.1 Å². The second kappa shape index (κ2) is 10.5. The van der Waals surface area contributed by atoms with E-state index in [1.807, 2.05) is 30.8 Å². The lowest BCUT2D eigenvalue weighted by molar-refractivity contribution is 0.601. The fourth-order valence-corrected chi connectivity index (χ4v) is 4.54. The van der Waals surface area contributed by atoms with Crippen LogP contribution in [0.15, 0.2) is 52.4 Å². The summed E-state index contributed by atoms with van der Waals surface area (Å²) in [5.41, 5.74) is 4.40. The van der Waals surface area contributed by atoms with E-state index in [9.17, 15) is 8.42 Å². The smallest absolute Gasteiger partial charge is 0.191 e. The number of rotatable bonds is 8. The third kappa shape index (κ3) is 7.20. The lowest BCUT2D eigenvalue weighted by Gasteiger charge is -2.13. The average Bonchev–Trinajstić information content (AvgIpc) is 2.64. The van der Waals surface area contributed by atoms with Crippen molar-refractivity contribution in [2.75, 3.05) is 25.6 Å². The van der Waals surface area contributed by atoms with Crippen LogP contribution < -0.4 is 10.6 Å². The Bertz CT molecular complexity index is 908. The molecule has 2 aromatic rings. The number of sulfone groups is 1. The number of nitrogens with one attached hydrogen (secondary N) is 2. The molecule has 0 radical (unpaired) electrons. The summed E-state index contributed by atoms with van der Waals surface area (Å²) in [6.07, 6.45) is 1.23. The quantitative estimate of drug-likeness (QED) is 0.390. The summed E-state index contributed by atoms with van der Waals surface area (Å²) in [6, 6.07) is 14.0. The first-order valence-electron chi connectivity index (χ1n) is 9.17. The Labute approximate surface area is 173 Å². The highest BCUT2D eigenvalue weighted by atomic mass is 32.2. The van der Waals surface area contributed by atoms with E-state index < -0.39 is 9.84 Å². The molecular formula is C21H29N3O2S2. The first-order chi connectivity index (χ1) is 13.3. The standard InChI is InChI=1S/C21H29N3O2S2/c1-16-5-7-18(8-6-16)15-27-12-11-23-21(22-3)24-14-19-9-10-20(17(2)13-19)28(4,25)26/h5-10,13H,11-12,14-15H2,1-4H3,(H2,22,23,24). The summed E-state index contributed by atoms with van der Waals surface area (Å²) in [5.74, 6) is 2.72. The molecule has 5 nitrogen and oxygen atoms in total. The predicted molar refractivity (Wildman–Crippen MR) is 120 cm³/mol. The van der Waals surface area contributed by atoms with Crippen molar-refractivity contribution in [1.82, 2.24) is 10.6 Å². The molecule has 2 N–H and O–H groups in total. The first-order valence-corrected chi connectivity index (χ1v) is 12.2. The number of guanidine groups is 1. The summed E-state index contributed by atoms with van der Waals surface area (Å²) in [6.45, 7) is 5.32. The van der Waals surface area contributed by atoms with Crippen LogP contribution in [0.5, 0.6) is 0 Å². The Hall–Kier alpha value is -1.99. The molecular weight excluding hydrogens is 390 g/mol. The number of aryl methyl sites for hydroxylation is 2. The predicted octanol–water partition coefficient (Wildman–Crippen LogP) is 3.31. The van der Waals surface area contributed by atoms with Crippen molar-refractivity contribution in [3.8, 4) is 0 Å². The second-order valence-electron chi connectivity index (χ2n) is 6.76. The molecule has 0 spiro atoms. The Kier molecular flexibility index (Phi) is 8.38. The molecule has 152 valence electrons. The fourth-order valence-electron chi connectivity index (χ4n) is 2.76. The average molecular weight is 420 g/mol. The number of aliphatic imine (C=N–C) groups is 1. The van der Waals surface area contributed by atoms with Crippen molar-refractivity contribution in [3.63, 3.8) is 0 Å². The highest BCUT2D eigenvalue weighted by molar-refractivity contribution is 7.98. The fraction of sp³-hybridized carbons (Fsp3) is 0.381. The van der Waals surface area contributed by atoms with Crippen LogP contribution in [0.3, 0.4) is 0 Å². The summed E-state index contributed by atoms with van der Waals surface area (Å²) < 4.78 is 23.4.